The van der Waals surface area contributed by atoms with Crippen LogP contribution in [0.15, 0.2) is 60.9 Å². The highest BCUT2D eigenvalue weighted by molar-refractivity contribution is 5.98. The van der Waals surface area contributed by atoms with E-state index in [0.29, 0.717) is 25.2 Å². The Balaban J connectivity index is 1.24. The molecule has 2 aliphatic rings. The Hall–Kier alpha value is -3.92. The summed E-state index contributed by atoms with van der Waals surface area (Å²) in [5, 5.41) is 19.7. The largest absolute Gasteiger partial charge is 0.495 e. The molecule has 4 heterocycles. The predicted octanol–water partition coefficient (Wildman–Crippen LogP) is 2.84. The van der Waals surface area contributed by atoms with Gasteiger partial charge in [-0.05, 0) is 41.5 Å². The molecule has 0 radical (unpaired) electrons. The number of amides is 1. The van der Waals surface area contributed by atoms with Crippen molar-refractivity contribution in [1.82, 2.24) is 19.8 Å². The minimum absolute atomic E-state index is 0.0563. The maximum absolute atomic E-state index is 12.6. The first-order chi connectivity index (χ1) is 19.0. The molecule has 2 fully saturated rings. The first-order valence-electron chi connectivity index (χ1n) is 13.4. The van der Waals surface area contributed by atoms with Crippen LogP contribution in [0.5, 0.6) is 5.75 Å². The highest BCUT2D eigenvalue weighted by Gasteiger charge is 2.29. The molecule has 9 heteroatoms. The van der Waals surface area contributed by atoms with Gasteiger partial charge in [-0.2, -0.15) is 0 Å². The summed E-state index contributed by atoms with van der Waals surface area (Å²) in [6.07, 6.45) is 3.41. The van der Waals surface area contributed by atoms with E-state index in [4.69, 9.17) is 4.74 Å². The van der Waals surface area contributed by atoms with E-state index < -0.39 is 6.10 Å². The second-order valence-corrected chi connectivity index (χ2v) is 10.2. The monoisotopic (exact) mass is 527 g/mol. The number of carbonyl (C=O) groups excluding carboxylic acids is 1. The molecular weight excluding hydrogens is 494 g/mol. The molecule has 0 bridgehead atoms. The van der Waals surface area contributed by atoms with Crippen molar-refractivity contribution in [3.63, 3.8) is 0 Å². The highest BCUT2D eigenvalue weighted by atomic mass is 16.5. The number of ether oxygens (including phenoxy) is 1. The summed E-state index contributed by atoms with van der Waals surface area (Å²) in [7, 11) is 1.70. The Kier molecular flexibility index (Phi) is 6.95. The summed E-state index contributed by atoms with van der Waals surface area (Å²) < 4.78 is 5.80. The summed E-state index contributed by atoms with van der Waals surface area (Å²) in [5.74, 6) is 0.770. The lowest BCUT2D eigenvalue weighted by Gasteiger charge is -2.36. The van der Waals surface area contributed by atoms with Gasteiger partial charge in [0.05, 0.1) is 25.5 Å². The van der Waals surface area contributed by atoms with E-state index in [-0.39, 0.29) is 12.5 Å². The van der Waals surface area contributed by atoms with Crippen LogP contribution in [-0.2, 0) is 0 Å². The normalized spacial score (nSPS) is 16.5. The van der Waals surface area contributed by atoms with Crippen LogP contribution in [-0.4, -0.2) is 102 Å². The van der Waals surface area contributed by atoms with Gasteiger partial charge in [-0.25, -0.2) is 4.98 Å². The molecule has 39 heavy (non-hydrogen) atoms. The number of pyridine rings is 1. The van der Waals surface area contributed by atoms with Crippen molar-refractivity contribution in [2.24, 2.45) is 0 Å². The lowest BCUT2D eigenvalue weighted by molar-refractivity contribution is 0.00590. The Labute approximate surface area is 227 Å². The fraction of sp³-hybridized carbons (Fsp3) is 0.333. The second-order valence-electron chi connectivity index (χ2n) is 10.2. The predicted molar refractivity (Wildman–Crippen MR) is 151 cm³/mol. The molecule has 202 valence electrons. The molecule has 2 aromatic heterocycles. The van der Waals surface area contributed by atoms with Crippen LogP contribution >= 0.6 is 0 Å². The molecule has 0 saturated carbocycles. The van der Waals surface area contributed by atoms with E-state index in [0.717, 1.165) is 70.9 Å². The molecule has 0 spiro atoms. The third-order valence-corrected chi connectivity index (χ3v) is 7.77. The number of H-pyrrole nitrogens is 1. The number of nitrogens with zero attached hydrogens (tertiary/aromatic N) is 4. The van der Waals surface area contributed by atoms with Crippen molar-refractivity contribution < 1.29 is 19.7 Å². The summed E-state index contributed by atoms with van der Waals surface area (Å²) in [6.45, 7) is 5.30. The summed E-state index contributed by atoms with van der Waals surface area (Å²) >= 11 is 0. The lowest BCUT2D eigenvalue weighted by atomic mass is 10.00. The number of aliphatic hydroxyl groups excluding tert-OH is 2. The van der Waals surface area contributed by atoms with Gasteiger partial charge in [0.1, 0.15) is 11.4 Å². The lowest BCUT2D eigenvalue weighted by Crippen LogP contribution is -2.53. The smallest absolute Gasteiger partial charge is 0.254 e. The fourth-order valence-electron chi connectivity index (χ4n) is 5.47. The Morgan fingerprint density at radius 1 is 1.03 bits per heavy atom. The SMILES string of the molecule is COc1cc(-c2cnc3[nH]cc(-c4ccc(C(=O)N5CC(O)C5)cc4)c3c2)ccc1N1CCN(CCO)CC1. The molecule has 6 rings (SSSR count). The number of likely N-dealkylation sites (tertiary alicyclic amines) is 1. The molecule has 0 unspecified atom stereocenters. The van der Waals surface area contributed by atoms with E-state index in [1.54, 1.807) is 12.0 Å². The molecule has 0 atom stereocenters. The van der Waals surface area contributed by atoms with Crippen LogP contribution in [0.25, 0.3) is 33.3 Å². The number of β-amino-alcohol motifs (C(OH)–C–C–N with tert-alkyl or cyclic N) is 2. The van der Waals surface area contributed by atoms with Crippen molar-refractivity contribution in [2.45, 2.75) is 6.10 Å². The quantitative estimate of drug-likeness (QED) is 0.340. The Bertz CT molecular complexity index is 1470. The zero-order valence-corrected chi connectivity index (χ0v) is 22.0. The third kappa shape index (κ3) is 4.96. The zero-order chi connectivity index (χ0) is 26.9. The number of hydrogen-bond acceptors (Lipinski definition) is 7. The van der Waals surface area contributed by atoms with Crippen molar-refractivity contribution in [1.29, 1.82) is 0 Å². The van der Waals surface area contributed by atoms with Crippen molar-refractivity contribution in [3.05, 3.63) is 66.5 Å². The van der Waals surface area contributed by atoms with Crippen LogP contribution in [0.3, 0.4) is 0 Å². The maximum Gasteiger partial charge on any atom is 0.254 e. The van der Waals surface area contributed by atoms with Crippen molar-refractivity contribution >= 4 is 22.6 Å². The van der Waals surface area contributed by atoms with Crippen LogP contribution in [0.2, 0.25) is 0 Å². The van der Waals surface area contributed by atoms with Gasteiger partial charge in [-0.1, -0.05) is 18.2 Å². The number of aliphatic hydroxyl groups is 2. The molecule has 4 aromatic rings. The molecule has 1 amide bonds. The Morgan fingerprint density at radius 3 is 2.46 bits per heavy atom. The first-order valence-corrected chi connectivity index (χ1v) is 13.4. The third-order valence-electron chi connectivity index (χ3n) is 7.77. The van der Waals surface area contributed by atoms with Gasteiger partial charge >= 0.3 is 0 Å². The number of benzene rings is 2. The van der Waals surface area contributed by atoms with Gasteiger partial charge in [-0.15, -0.1) is 0 Å². The number of anilines is 1. The second kappa shape index (κ2) is 10.7. The molecule has 9 nitrogen and oxygen atoms in total. The molecule has 2 saturated heterocycles. The number of methoxy groups -OCH3 is 1. The standard InChI is InChI=1S/C30H33N5O4/c1-39-28-15-22(6-7-27(28)34-10-8-33(9-11-34)12-13-36)23-14-25-26(17-32-29(25)31-16-23)20-2-4-21(5-3-20)30(38)35-18-24(37)19-35/h2-7,14-17,24,36-37H,8-13,18-19H2,1H3,(H,31,32). The number of piperazine rings is 1. The molecule has 3 N–H and O–H groups in total. The van der Waals surface area contributed by atoms with Gasteiger partial charge in [0.15, 0.2) is 0 Å². The number of aromatic nitrogens is 2. The first kappa shape index (κ1) is 25.4. The van der Waals surface area contributed by atoms with Gasteiger partial charge < -0.3 is 29.7 Å². The molecule has 2 aliphatic heterocycles. The van der Waals surface area contributed by atoms with E-state index in [1.807, 2.05) is 36.7 Å². The molecule has 2 aromatic carbocycles. The number of hydrogen-bond donors (Lipinski definition) is 3. The van der Waals surface area contributed by atoms with E-state index in [1.165, 1.54) is 0 Å². The van der Waals surface area contributed by atoms with Crippen LogP contribution < -0.4 is 9.64 Å². The number of rotatable bonds is 7. The highest BCUT2D eigenvalue weighted by Crippen LogP contribution is 2.36. The van der Waals surface area contributed by atoms with Gasteiger partial charge in [0.25, 0.3) is 5.91 Å². The summed E-state index contributed by atoms with van der Waals surface area (Å²) in [4.78, 5) is 26.8. The van der Waals surface area contributed by atoms with Crippen LogP contribution in [0.1, 0.15) is 10.4 Å². The van der Waals surface area contributed by atoms with Gasteiger partial charge in [-0.3, -0.25) is 9.69 Å². The van der Waals surface area contributed by atoms with E-state index in [9.17, 15) is 15.0 Å². The topological polar surface area (TPSA) is 105 Å². The minimum Gasteiger partial charge on any atom is -0.495 e. The van der Waals surface area contributed by atoms with E-state index >= 15 is 0 Å². The van der Waals surface area contributed by atoms with E-state index in [2.05, 4.69) is 44.0 Å². The molecular formula is C30H33N5O4. The summed E-state index contributed by atoms with van der Waals surface area (Å²) in [6, 6.07) is 16.0. The van der Waals surface area contributed by atoms with Crippen molar-refractivity contribution in [3.8, 4) is 28.0 Å². The van der Waals surface area contributed by atoms with Crippen molar-refractivity contribution in [2.75, 3.05) is 64.4 Å². The minimum atomic E-state index is -0.412. The van der Waals surface area contributed by atoms with Crippen LogP contribution in [0.4, 0.5) is 5.69 Å². The van der Waals surface area contributed by atoms with Gasteiger partial charge in [0, 0.05) is 80.3 Å². The summed E-state index contributed by atoms with van der Waals surface area (Å²) in [5.41, 5.74) is 6.51. The number of carbonyl (C=O) groups is 1. The average Bonchev–Trinajstić information content (AvgIpc) is 3.39. The molecule has 0 aliphatic carbocycles. The van der Waals surface area contributed by atoms with Crippen LogP contribution in [0, 0.1) is 0 Å². The fourth-order valence-corrected chi connectivity index (χ4v) is 5.47. The van der Waals surface area contributed by atoms with Gasteiger partial charge in [0.2, 0.25) is 0 Å². The zero-order valence-electron chi connectivity index (χ0n) is 22.0. The maximum atomic E-state index is 12.6. The average molecular weight is 528 g/mol. The number of aromatic amines is 1. The number of fused-ring (bicyclic) bond motifs is 1. The Morgan fingerprint density at radius 2 is 1.77 bits per heavy atom. The number of nitrogens with one attached hydrogen (secondary N) is 1.